The topological polar surface area (TPSA) is 75.1 Å². The minimum absolute atomic E-state index is 0.0525. The van der Waals surface area contributed by atoms with Crippen LogP contribution in [0.2, 0.25) is 0 Å². The number of hydrogen-bond donors (Lipinski definition) is 2. The predicted octanol–water partition coefficient (Wildman–Crippen LogP) is 1.08. The normalized spacial score (nSPS) is 11.2. The van der Waals surface area contributed by atoms with Gasteiger partial charge in [0.25, 0.3) is 0 Å². The van der Waals surface area contributed by atoms with Gasteiger partial charge in [-0.1, -0.05) is 0 Å². The Morgan fingerprint density at radius 3 is 2.69 bits per heavy atom. The van der Waals surface area contributed by atoms with Crippen molar-refractivity contribution in [3.63, 3.8) is 0 Å². The molecule has 0 saturated heterocycles. The number of carboxylic acid groups (broad SMARTS) is 1. The Morgan fingerprint density at radius 2 is 2.12 bits per heavy atom. The number of anilines is 1. The van der Waals surface area contributed by atoms with Crippen molar-refractivity contribution in [2.24, 2.45) is 0 Å². The van der Waals surface area contributed by atoms with Gasteiger partial charge in [0.1, 0.15) is 18.7 Å². The van der Waals surface area contributed by atoms with Gasteiger partial charge in [0.2, 0.25) is 0 Å². The Morgan fingerprint density at radius 1 is 1.44 bits per heavy atom. The quantitative estimate of drug-likeness (QED) is 0.816. The van der Waals surface area contributed by atoms with Crippen molar-refractivity contribution in [2.45, 2.75) is 12.6 Å². The number of nitrogens with zero attached hydrogens (tertiary/aromatic N) is 2. The summed E-state index contributed by atoms with van der Waals surface area (Å²) in [5, 5.41) is 10.7. The molecule has 5 nitrogen and oxygen atoms in total. The number of aromatic nitrogens is 2. The van der Waals surface area contributed by atoms with Crippen LogP contribution in [0.1, 0.15) is 5.69 Å². The standard InChI is InChI=1S/C8H8F3N3O2/c9-8(10,11)2-5-1-6(14-4-13-5)12-3-7(15)16/h1,4H,2-3H2,(H,15,16)(H,12,13,14). The molecule has 0 bridgehead atoms. The Hall–Kier alpha value is -1.86. The molecule has 16 heavy (non-hydrogen) atoms. The van der Waals surface area contributed by atoms with E-state index < -0.39 is 25.1 Å². The molecule has 1 heterocycles. The first-order valence-corrected chi connectivity index (χ1v) is 4.20. The third kappa shape index (κ3) is 4.58. The largest absolute Gasteiger partial charge is 0.480 e. The Labute approximate surface area is 88.3 Å². The van der Waals surface area contributed by atoms with Crippen LogP contribution in [-0.4, -0.2) is 33.8 Å². The Bertz CT molecular complexity index is 381. The van der Waals surface area contributed by atoms with Crippen molar-refractivity contribution in [1.29, 1.82) is 0 Å². The average Bonchev–Trinajstić information content (AvgIpc) is 2.12. The molecule has 0 amide bonds. The summed E-state index contributed by atoms with van der Waals surface area (Å²) in [5.41, 5.74) is -0.213. The van der Waals surface area contributed by atoms with Crippen LogP contribution in [0.3, 0.4) is 0 Å². The third-order valence-corrected chi connectivity index (χ3v) is 1.53. The highest BCUT2D eigenvalue weighted by Crippen LogP contribution is 2.20. The van der Waals surface area contributed by atoms with Crippen LogP contribution in [0.4, 0.5) is 19.0 Å². The van der Waals surface area contributed by atoms with Crippen molar-refractivity contribution in [3.05, 3.63) is 18.1 Å². The maximum atomic E-state index is 12.0. The van der Waals surface area contributed by atoms with Gasteiger partial charge in [-0.15, -0.1) is 0 Å². The number of carboxylic acids is 1. The van der Waals surface area contributed by atoms with E-state index in [1.165, 1.54) is 0 Å². The molecular weight excluding hydrogens is 227 g/mol. The molecule has 0 fully saturated rings. The van der Waals surface area contributed by atoms with Crippen molar-refractivity contribution in [2.75, 3.05) is 11.9 Å². The number of hydrogen-bond acceptors (Lipinski definition) is 4. The average molecular weight is 235 g/mol. The van der Waals surface area contributed by atoms with Crippen LogP contribution < -0.4 is 5.32 Å². The van der Waals surface area contributed by atoms with Crippen molar-refractivity contribution >= 4 is 11.8 Å². The fourth-order valence-corrected chi connectivity index (χ4v) is 0.962. The summed E-state index contributed by atoms with van der Waals surface area (Å²) in [6.45, 7) is -0.414. The van der Waals surface area contributed by atoms with E-state index in [1.54, 1.807) is 0 Å². The summed E-state index contributed by atoms with van der Waals surface area (Å²) >= 11 is 0. The van der Waals surface area contributed by atoms with Crippen LogP contribution in [-0.2, 0) is 11.2 Å². The van der Waals surface area contributed by atoms with Crippen molar-refractivity contribution in [1.82, 2.24) is 9.97 Å². The lowest BCUT2D eigenvalue weighted by atomic mass is 10.3. The van der Waals surface area contributed by atoms with Gasteiger partial charge in [0.15, 0.2) is 0 Å². The summed E-state index contributed by atoms with van der Waals surface area (Å²) < 4.78 is 36.0. The minimum Gasteiger partial charge on any atom is -0.480 e. The molecule has 88 valence electrons. The molecule has 0 aliphatic heterocycles. The molecule has 8 heteroatoms. The first-order chi connectivity index (χ1) is 7.37. The fourth-order valence-electron chi connectivity index (χ4n) is 0.962. The molecule has 0 aliphatic carbocycles. The zero-order chi connectivity index (χ0) is 12.2. The first-order valence-electron chi connectivity index (χ1n) is 4.20. The van der Waals surface area contributed by atoms with Gasteiger partial charge in [-0.2, -0.15) is 13.2 Å². The number of nitrogens with one attached hydrogen (secondary N) is 1. The lowest BCUT2D eigenvalue weighted by Crippen LogP contribution is -2.15. The highest BCUT2D eigenvalue weighted by Gasteiger charge is 2.28. The molecule has 1 aromatic rings. The molecule has 0 radical (unpaired) electrons. The van der Waals surface area contributed by atoms with E-state index in [9.17, 15) is 18.0 Å². The van der Waals surface area contributed by atoms with E-state index in [-0.39, 0.29) is 11.5 Å². The maximum Gasteiger partial charge on any atom is 0.394 e. The van der Waals surface area contributed by atoms with Gasteiger partial charge in [-0.25, -0.2) is 9.97 Å². The van der Waals surface area contributed by atoms with Gasteiger partial charge in [-0.05, 0) is 0 Å². The molecular formula is C8H8F3N3O2. The molecule has 2 N–H and O–H groups in total. The molecule has 0 aromatic carbocycles. The van der Waals surface area contributed by atoms with Gasteiger partial charge < -0.3 is 10.4 Å². The van der Waals surface area contributed by atoms with Crippen molar-refractivity contribution in [3.8, 4) is 0 Å². The minimum atomic E-state index is -4.35. The SMILES string of the molecule is O=C(O)CNc1cc(CC(F)(F)F)ncn1. The smallest absolute Gasteiger partial charge is 0.394 e. The lowest BCUT2D eigenvalue weighted by Gasteiger charge is -2.07. The van der Waals surface area contributed by atoms with E-state index >= 15 is 0 Å². The summed E-state index contributed by atoms with van der Waals surface area (Å²) in [6, 6.07) is 1.07. The number of aliphatic carboxylic acids is 1. The molecule has 0 saturated carbocycles. The second-order valence-corrected chi connectivity index (χ2v) is 2.93. The maximum absolute atomic E-state index is 12.0. The summed E-state index contributed by atoms with van der Waals surface area (Å²) in [4.78, 5) is 17.2. The van der Waals surface area contributed by atoms with Crippen LogP contribution in [0.25, 0.3) is 0 Å². The van der Waals surface area contributed by atoms with Gasteiger partial charge in [0, 0.05) is 6.07 Å². The van der Waals surface area contributed by atoms with E-state index in [4.69, 9.17) is 5.11 Å². The number of halogens is 3. The first kappa shape index (κ1) is 12.2. The molecule has 0 aliphatic rings. The van der Waals surface area contributed by atoms with E-state index in [2.05, 4.69) is 15.3 Å². The van der Waals surface area contributed by atoms with Gasteiger partial charge in [0.05, 0.1) is 12.1 Å². The molecule has 1 rings (SSSR count). The zero-order valence-electron chi connectivity index (χ0n) is 7.95. The number of alkyl halides is 3. The number of rotatable bonds is 4. The van der Waals surface area contributed by atoms with Gasteiger partial charge in [-0.3, -0.25) is 4.79 Å². The third-order valence-electron chi connectivity index (χ3n) is 1.53. The van der Waals surface area contributed by atoms with E-state index in [1.807, 2.05) is 0 Å². The molecule has 0 unspecified atom stereocenters. The van der Waals surface area contributed by atoms with E-state index in [0.717, 1.165) is 12.4 Å². The van der Waals surface area contributed by atoms with Crippen LogP contribution in [0.15, 0.2) is 12.4 Å². The second-order valence-electron chi connectivity index (χ2n) is 2.93. The number of carbonyl (C=O) groups is 1. The summed E-state index contributed by atoms with van der Waals surface area (Å²) in [7, 11) is 0. The Balaban J connectivity index is 2.67. The summed E-state index contributed by atoms with van der Waals surface area (Å²) in [6.07, 6.45) is -4.57. The van der Waals surface area contributed by atoms with Crippen LogP contribution in [0.5, 0.6) is 0 Å². The highest BCUT2D eigenvalue weighted by molar-refractivity contribution is 5.72. The lowest BCUT2D eigenvalue weighted by molar-refractivity contribution is -0.135. The fraction of sp³-hybridized carbons (Fsp3) is 0.375. The van der Waals surface area contributed by atoms with E-state index in [0.29, 0.717) is 0 Å². The van der Waals surface area contributed by atoms with Crippen molar-refractivity contribution < 1.29 is 23.1 Å². The molecule has 1 aromatic heterocycles. The monoisotopic (exact) mass is 235 g/mol. The predicted molar refractivity (Wildman–Crippen MR) is 47.9 cm³/mol. The van der Waals surface area contributed by atoms with Crippen LogP contribution in [0, 0.1) is 0 Å². The van der Waals surface area contributed by atoms with Gasteiger partial charge >= 0.3 is 12.1 Å². The highest BCUT2D eigenvalue weighted by atomic mass is 19.4. The molecule has 0 spiro atoms. The van der Waals surface area contributed by atoms with Crippen LogP contribution >= 0.6 is 0 Å². The zero-order valence-corrected chi connectivity index (χ0v) is 7.95. The summed E-state index contributed by atoms with van der Waals surface area (Å²) in [5.74, 6) is -1.08. The Kier molecular flexibility index (Phi) is 3.64. The molecule has 0 atom stereocenters. The second kappa shape index (κ2) is 4.77.